The van der Waals surface area contributed by atoms with Crippen LogP contribution < -0.4 is 10.1 Å². The molecule has 1 N–H and O–H groups in total. The quantitative estimate of drug-likeness (QED) is 0.757. The van der Waals surface area contributed by atoms with Crippen molar-refractivity contribution in [1.29, 1.82) is 0 Å². The largest absolute Gasteiger partial charge is 0.489 e. The van der Waals surface area contributed by atoms with Gasteiger partial charge in [-0.3, -0.25) is 9.69 Å². The van der Waals surface area contributed by atoms with Gasteiger partial charge in [0.1, 0.15) is 11.9 Å². The first-order chi connectivity index (χ1) is 11.9. The van der Waals surface area contributed by atoms with Crippen molar-refractivity contribution >= 4 is 5.91 Å². The monoisotopic (exact) mass is 344 g/mol. The number of hydrogen-bond donors (Lipinski definition) is 1. The Hall–Kier alpha value is -2.27. The van der Waals surface area contributed by atoms with Gasteiger partial charge in [-0.1, -0.05) is 26.0 Å². The molecule has 1 aromatic carbocycles. The van der Waals surface area contributed by atoms with E-state index < -0.39 is 0 Å². The number of amides is 1. The zero-order valence-corrected chi connectivity index (χ0v) is 15.5. The molecule has 2 rings (SSSR count). The lowest BCUT2D eigenvalue weighted by molar-refractivity contribution is -0.124. The van der Waals surface area contributed by atoms with Gasteiger partial charge in [-0.05, 0) is 37.7 Å². The van der Waals surface area contributed by atoms with Gasteiger partial charge in [0, 0.05) is 24.6 Å². The summed E-state index contributed by atoms with van der Waals surface area (Å²) in [6.45, 7) is 7.87. The van der Waals surface area contributed by atoms with Crippen molar-refractivity contribution in [2.24, 2.45) is 5.92 Å². The predicted octanol–water partition coefficient (Wildman–Crippen LogP) is 3.45. The number of carbonyl (C=O) groups is 1. The molecule has 0 aliphatic rings. The van der Waals surface area contributed by atoms with Crippen LogP contribution >= 0.6 is 0 Å². The van der Waals surface area contributed by atoms with Crippen molar-refractivity contribution in [2.45, 2.75) is 40.0 Å². The second-order valence-electron chi connectivity index (χ2n) is 6.78. The van der Waals surface area contributed by atoms with Gasteiger partial charge in [-0.15, -0.1) is 0 Å². The number of carbonyl (C=O) groups excluding carboxylic acids is 1. The maximum atomic E-state index is 11.6. The van der Waals surface area contributed by atoms with Crippen molar-refractivity contribution in [3.63, 3.8) is 0 Å². The van der Waals surface area contributed by atoms with Gasteiger partial charge >= 0.3 is 0 Å². The van der Waals surface area contributed by atoms with E-state index >= 15 is 0 Å². The first-order valence-corrected chi connectivity index (χ1v) is 8.67. The number of hydrogen-bond acceptors (Lipinski definition) is 4. The molecule has 0 saturated carbocycles. The molecule has 1 atom stereocenters. The lowest BCUT2D eigenvalue weighted by Crippen LogP contribution is -2.35. The summed E-state index contributed by atoms with van der Waals surface area (Å²) in [6.07, 6.45) is 3.38. The summed E-state index contributed by atoms with van der Waals surface area (Å²) >= 11 is 0. The highest BCUT2D eigenvalue weighted by atomic mass is 16.5. The summed E-state index contributed by atoms with van der Waals surface area (Å²) < 4.78 is 11.0. The maximum absolute atomic E-state index is 11.6. The first-order valence-electron chi connectivity index (χ1n) is 8.67. The second-order valence-corrected chi connectivity index (χ2v) is 6.78. The van der Waals surface area contributed by atoms with E-state index in [1.165, 1.54) is 5.56 Å². The Labute approximate surface area is 150 Å². The topological polar surface area (TPSA) is 54.7 Å². The van der Waals surface area contributed by atoms with Crippen LogP contribution in [0.5, 0.6) is 5.75 Å². The molecule has 0 aliphatic heterocycles. The van der Waals surface area contributed by atoms with Crippen molar-refractivity contribution in [2.75, 3.05) is 13.6 Å². The van der Waals surface area contributed by atoms with Gasteiger partial charge in [0.25, 0.3) is 0 Å². The Bertz CT molecular complexity index is 653. The molecule has 0 fully saturated rings. The minimum absolute atomic E-state index is 0.0127. The van der Waals surface area contributed by atoms with Crippen LogP contribution in [0, 0.1) is 5.92 Å². The Morgan fingerprint density at radius 2 is 1.96 bits per heavy atom. The Balaban J connectivity index is 1.84. The van der Waals surface area contributed by atoms with Crippen molar-refractivity contribution in [3.05, 3.63) is 54.0 Å². The zero-order chi connectivity index (χ0) is 18.2. The molecule has 1 amide bonds. The first kappa shape index (κ1) is 19.1. The number of ether oxygens (including phenoxy) is 1. The average molecular weight is 344 g/mol. The number of benzene rings is 1. The summed E-state index contributed by atoms with van der Waals surface area (Å²) in [5.74, 6) is 0.854. The molecule has 5 heteroatoms. The van der Waals surface area contributed by atoms with Crippen LogP contribution in [-0.4, -0.2) is 30.5 Å². The minimum atomic E-state index is -0.0818. The van der Waals surface area contributed by atoms with Crippen LogP contribution in [0.25, 0.3) is 0 Å². The predicted molar refractivity (Wildman–Crippen MR) is 98.3 cm³/mol. The summed E-state index contributed by atoms with van der Waals surface area (Å²) in [6, 6.07) is 10.1. The molecule has 25 heavy (non-hydrogen) atoms. The molecule has 1 heterocycles. The smallest absolute Gasteiger partial charge is 0.222 e. The zero-order valence-electron chi connectivity index (χ0n) is 15.5. The molecular weight excluding hydrogens is 316 g/mol. The molecular formula is C20H28N2O3. The fraction of sp³-hybridized carbons (Fsp3) is 0.450. The van der Waals surface area contributed by atoms with Gasteiger partial charge in [0.2, 0.25) is 5.91 Å². The highest BCUT2D eigenvalue weighted by Crippen LogP contribution is 2.17. The highest BCUT2D eigenvalue weighted by molar-refractivity contribution is 5.77. The molecule has 0 unspecified atom stereocenters. The van der Waals surface area contributed by atoms with Crippen molar-refractivity contribution in [3.8, 4) is 5.75 Å². The molecule has 136 valence electrons. The third-order valence-electron chi connectivity index (χ3n) is 3.81. The van der Waals surface area contributed by atoms with E-state index in [1.807, 2.05) is 45.0 Å². The Morgan fingerprint density at radius 3 is 2.64 bits per heavy atom. The summed E-state index contributed by atoms with van der Waals surface area (Å²) in [5, 5.41) is 2.89. The summed E-state index contributed by atoms with van der Waals surface area (Å²) in [7, 11) is 2.07. The van der Waals surface area contributed by atoms with E-state index in [0.29, 0.717) is 6.54 Å². The van der Waals surface area contributed by atoms with Gasteiger partial charge in [0.05, 0.1) is 19.1 Å². The van der Waals surface area contributed by atoms with E-state index in [4.69, 9.17) is 9.15 Å². The van der Waals surface area contributed by atoms with E-state index in [2.05, 4.69) is 23.3 Å². The fourth-order valence-corrected chi connectivity index (χ4v) is 2.50. The molecule has 0 saturated heterocycles. The summed E-state index contributed by atoms with van der Waals surface area (Å²) in [5.41, 5.74) is 2.34. The van der Waals surface area contributed by atoms with Crippen LogP contribution in [0.1, 0.15) is 31.9 Å². The van der Waals surface area contributed by atoms with Crippen LogP contribution in [0.4, 0.5) is 0 Å². The minimum Gasteiger partial charge on any atom is -0.489 e. The number of nitrogens with zero attached hydrogens (tertiary/aromatic N) is 1. The Kier molecular flexibility index (Phi) is 7.07. The normalized spacial score (nSPS) is 12.4. The summed E-state index contributed by atoms with van der Waals surface area (Å²) in [4.78, 5) is 13.8. The molecule has 0 radical (unpaired) electrons. The fourth-order valence-electron chi connectivity index (χ4n) is 2.50. The molecule has 0 spiro atoms. The van der Waals surface area contributed by atoms with E-state index in [-0.39, 0.29) is 17.9 Å². The van der Waals surface area contributed by atoms with Crippen LogP contribution in [0.3, 0.4) is 0 Å². The third kappa shape index (κ3) is 6.63. The van der Waals surface area contributed by atoms with E-state index in [9.17, 15) is 4.79 Å². The molecule has 0 aliphatic carbocycles. The lowest BCUT2D eigenvalue weighted by Gasteiger charge is -2.19. The second kappa shape index (κ2) is 9.28. The van der Waals surface area contributed by atoms with Gasteiger partial charge < -0.3 is 14.5 Å². The maximum Gasteiger partial charge on any atom is 0.222 e. The van der Waals surface area contributed by atoms with E-state index in [0.717, 1.165) is 24.4 Å². The van der Waals surface area contributed by atoms with E-state index in [1.54, 1.807) is 12.5 Å². The SMILES string of the molecule is CC(C)C(=O)NC[C@H](C)Oc1cccc(CN(C)Cc2ccoc2)c1. The van der Waals surface area contributed by atoms with Gasteiger partial charge in [-0.25, -0.2) is 0 Å². The average Bonchev–Trinajstić information content (AvgIpc) is 3.05. The standard InChI is InChI=1S/C20H28N2O3/c1-15(2)20(23)21-11-16(3)25-19-7-5-6-17(10-19)12-22(4)13-18-8-9-24-14-18/h5-10,14-16H,11-13H2,1-4H3,(H,21,23)/t16-/m0/s1. The number of nitrogens with one attached hydrogen (secondary N) is 1. The third-order valence-corrected chi connectivity index (χ3v) is 3.81. The van der Waals surface area contributed by atoms with Crippen molar-refractivity contribution in [1.82, 2.24) is 10.2 Å². The van der Waals surface area contributed by atoms with Crippen LogP contribution in [-0.2, 0) is 17.9 Å². The Morgan fingerprint density at radius 1 is 1.20 bits per heavy atom. The molecule has 5 nitrogen and oxygen atoms in total. The number of rotatable bonds is 9. The van der Waals surface area contributed by atoms with Gasteiger partial charge in [0.15, 0.2) is 0 Å². The van der Waals surface area contributed by atoms with Crippen LogP contribution in [0.2, 0.25) is 0 Å². The van der Waals surface area contributed by atoms with Crippen LogP contribution in [0.15, 0.2) is 47.3 Å². The highest BCUT2D eigenvalue weighted by Gasteiger charge is 2.10. The molecule has 0 bridgehead atoms. The van der Waals surface area contributed by atoms with Crippen molar-refractivity contribution < 1.29 is 13.9 Å². The lowest BCUT2D eigenvalue weighted by atomic mass is 10.2. The molecule has 1 aromatic heterocycles. The number of furan rings is 1. The molecule has 2 aromatic rings. The van der Waals surface area contributed by atoms with Gasteiger partial charge in [-0.2, -0.15) is 0 Å².